The molecule has 2 aromatic carbocycles. The van der Waals surface area contributed by atoms with Gasteiger partial charge in [0, 0.05) is 23.6 Å². The number of carbonyl (C=O) groups is 2. The van der Waals surface area contributed by atoms with Crippen LogP contribution in [0.2, 0.25) is 0 Å². The number of rotatable bonds is 7. The van der Waals surface area contributed by atoms with Gasteiger partial charge in [-0.15, -0.1) is 0 Å². The van der Waals surface area contributed by atoms with Crippen molar-refractivity contribution in [2.24, 2.45) is 0 Å². The van der Waals surface area contributed by atoms with Crippen molar-refractivity contribution in [1.82, 2.24) is 14.9 Å². The smallest absolute Gasteiger partial charge is 0.307 e. The molecule has 1 N–H and O–H groups in total. The Morgan fingerprint density at radius 1 is 1.17 bits per heavy atom. The first kappa shape index (κ1) is 20.6. The molecule has 1 amide bonds. The van der Waals surface area contributed by atoms with E-state index >= 15 is 0 Å². The summed E-state index contributed by atoms with van der Waals surface area (Å²) in [5, 5.41) is 3.67. The lowest BCUT2D eigenvalue weighted by atomic mass is 10.0. The number of nitrogens with one attached hydrogen (secondary N) is 1. The monoisotopic (exact) mass is 413 g/mol. The zero-order chi connectivity index (χ0) is 20.8. The minimum absolute atomic E-state index is 0.0575. The van der Waals surface area contributed by atoms with Crippen LogP contribution in [0.15, 0.2) is 66.1 Å². The zero-order valence-electron chi connectivity index (χ0n) is 16.0. The SMILES string of the molecule is COC(=O)CC(NC(=O)c1ccc(-n2ccnc2SC)cc1)c1ccc(F)cc1. The molecule has 0 radical (unpaired) electrons. The molecule has 29 heavy (non-hydrogen) atoms. The lowest BCUT2D eigenvalue weighted by molar-refractivity contribution is -0.141. The third-order valence-corrected chi connectivity index (χ3v) is 5.04. The zero-order valence-corrected chi connectivity index (χ0v) is 16.8. The first-order chi connectivity index (χ1) is 14.0. The van der Waals surface area contributed by atoms with Gasteiger partial charge >= 0.3 is 5.97 Å². The van der Waals surface area contributed by atoms with Gasteiger partial charge in [-0.25, -0.2) is 9.37 Å². The number of methoxy groups -OCH3 is 1. The molecule has 0 aliphatic rings. The highest BCUT2D eigenvalue weighted by molar-refractivity contribution is 7.98. The standard InChI is InChI=1S/C21H20FN3O3S/c1-28-19(26)13-18(14-3-7-16(22)8-4-14)24-20(27)15-5-9-17(10-6-15)25-12-11-23-21(25)29-2/h3-12,18H,13H2,1-2H3,(H,24,27). The Balaban J connectivity index is 1.78. The number of amides is 1. The molecule has 1 unspecified atom stereocenters. The molecule has 0 saturated heterocycles. The molecule has 0 saturated carbocycles. The summed E-state index contributed by atoms with van der Waals surface area (Å²) in [6.45, 7) is 0. The van der Waals surface area contributed by atoms with Crippen molar-refractivity contribution >= 4 is 23.6 Å². The van der Waals surface area contributed by atoms with Crippen LogP contribution in [-0.2, 0) is 9.53 Å². The Morgan fingerprint density at radius 2 is 1.86 bits per heavy atom. The molecule has 3 rings (SSSR count). The van der Waals surface area contributed by atoms with Crippen LogP contribution in [0.5, 0.6) is 0 Å². The fourth-order valence-corrected chi connectivity index (χ4v) is 3.38. The minimum atomic E-state index is -0.632. The van der Waals surface area contributed by atoms with Gasteiger partial charge in [0.05, 0.1) is 19.6 Å². The predicted molar refractivity (Wildman–Crippen MR) is 109 cm³/mol. The molecule has 6 nitrogen and oxygen atoms in total. The van der Waals surface area contributed by atoms with Crippen LogP contribution >= 0.6 is 11.8 Å². The van der Waals surface area contributed by atoms with Crippen LogP contribution in [0.4, 0.5) is 4.39 Å². The summed E-state index contributed by atoms with van der Waals surface area (Å²) in [6, 6.07) is 12.1. The van der Waals surface area contributed by atoms with E-state index in [1.807, 2.05) is 29.2 Å². The molecule has 3 aromatic rings. The number of benzene rings is 2. The molecular weight excluding hydrogens is 393 g/mol. The van der Waals surface area contributed by atoms with Gasteiger partial charge < -0.3 is 10.1 Å². The van der Waals surface area contributed by atoms with E-state index in [1.165, 1.54) is 43.1 Å². The average molecular weight is 413 g/mol. The Kier molecular flexibility index (Phi) is 6.66. The second-order valence-corrected chi connectivity index (χ2v) is 6.96. The quantitative estimate of drug-likeness (QED) is 0.472. The summed E-state index contributed by atoms with van der Waals surface area (Å²) in [5.74, 6) is -1.21. The molecule has 0 spiro atoms. The second-order valence-electron chi connectivity index (χ2n) is 6.19. The third-order valence-electron chi connectivity index (χ3n) is 4.37. The van der Waals surface area contributed by atoms with E-state index in [0.29, 0.717) is 11.1 Å². The highest BCUT2D eigenvalue weighted by Crippen LogP contribution is 2.21. The fraction of sp³-hybridized carbons (Fsp3) is 0.190. The lowest BCUT2D eigenvalue weighted by Crippen LogP contribution is -2.30. The molecule has 0 aliphatic carbocycles. The largest absolute Gasteiger partial charge is 0.469 e. The van der Waals surface area contributed by atoms with Gasteiger partial charge in [-0.3, -0.25) is 14.2 Å². The van der Waals surface area contributed by atoms with Crippen LogP contribution in [0.3, 0.4) is 0 Å². The number of ether oxygens (including phenoxy) is 1. The van der Waals surface area contributed by atoms with E-state index < -0.39 is 17.8 Å². The molecule has 0 aliphatic heterocycles. The molecule has 8 heteroatoms. The first-order valence-electron chi connectivity index (χ1n) is 8.82. The number of aromatic nitrogens is 2. The number of esters is 1. The van der Waals surface area contributed by atoms with Gasteiger partial charge in [-0.2, -0.15) is 0 Å². The van der Waals surface area contributed by atoms with Crippen molar-refractivity contribution in [2.45, 2.75) is 17.6 Å². The van der Waals surface area contributed by atoms with Crippen molar-refractivity contribution < 1.29 is 18.7 Å². The van der Waals surface area contributed by atoms with Gasteiger partial charge in [0.1, 0.15) is 5.82 Å². The van der Waals surface area contributed by atoms with Crippen LogP contribution in [0, 0.1) is 5.82 Å². The van der Waals surface area contributed by atoms with Gasteiger partial charge in [-0.1, -0.05) is 23.9 Å². The topological polar surface area (TPSA) is 73.2 Å². The number of nitrogens with zero attached hydrogens (tertiary/aromatic N) is 2. The summed E-state index contributed by atoms with van der Waals surface area (Å²) < 4.78 is 19.9. The van der Waals surface area contributed by atoms with Gasteiger partial charge in [-0.05, 0) is 48.2 Å². The van der Waals surface area contributed by atoms with Crippen molar-refractivity contribution in [3.05, 3.63) is 77.9 Å². The van der Waals surface area contributed by atoms with E-state index in [4.69, 9.17) is 4.74 Å². The minimum Gasteiger partial charge on any atom is -0.469 e. The van der Waals surface area contributed by atoms with Crippen molar-refractivity contribution in [3.63, 3.8) is 0 Å². The lowest BCUT2D eigenvalue weighted by Gasteiger charge is -2.18. The highest BCUT2D eigenvalue weighted by atomic mass is 32.2. The first-order valence-corrected chi connectivity index (χ1v) is 10.0. The number of imidazole rings is 1. The molecule has 1 aromatic heterocycles. The maximum Gasteiger partial charge on any atom is 0.307 e. The van der Waals surface area contributed by atoms with E-state index in [-0.39, 0.29) is 12.3 Å². The fourth-order valence-electron chi connectivity index (χ4n) is 2.85. The number of thioether (sulfide) groups is 1. The average Bonchev–Trinajstić information content (AvgIpc) is 3.22. The predicted octanol–water partition coefficient (Wildman–Crippen LogP) is 3.77. The number of hydrogen-bond acceptors (Lipinski definition) is 5. The molecule has 1 heterocycles. The Hall–Kier alpha value is -3.13. The number of carbonyl (C=O) groups excluding carboxylic acids is 2. The van der Waals surface area contributed by atoms with Crippen molar-refractivity contribution in [2.75, 3.05) is 13.4 Å². The summed E-state index contributed by atoms with van der Waals surface area (Å²) in [4.78, 5) is 28.7. The summed E-state index contributed by atoms with van der Waals surface area (Å²) in [6.07, 6.45) is 5.45. The third kappa shape index (κ3) is 5.03. The Morgan fingerprint density at radius 3 is 2.48 bits per heavy atom. The van der Waals surface area contributed by atoms with Crippen molar-refractivity contribution in [3.8, 4) is 5.69 Å². The van der Waals surface area contributed by atoms with Gasteiger partial charge in [0.25, 0.3) is 5.91 Å². The molecule has 0 bridgehead atoms. The Labute approximate surface area is 172 Å². The van der Waals surface area contributed by atoms with Crippen molar-refractivity contribution in [1.29, 1.82) is 0 Å². The van der Waals surface area contributed by atoms with E-state index in [2.05, 4.69) is 10.3 Å². The van der Waals surface area contributed by atoms with E-state index in [0.717, 1.165) is 10.8 Å². The van der Waals surface area contributed by atoms with E-state index in [1.54, 1.807) is 18.3 Å². The molecule has 0 fully saturated rings. The normalized spacial score (nSPS) is 11.7. The van der Waals surface area contributed by atoms with Crippen LogP contribution in [0.25, 0.3) is 5.69 Å². The molecule has 1 atom stereocenters. The van der Waals surface area contributed by atoms with Crippen LogP contribution in [0.1, 0.15) is 28.4 Å². The maximum atomic E-state index is 13.2. The van der Waals surface area contributed by atoms with Gasteiger partial charge in [0.2, 0.25) is 0 Å². The van der Waals surface area contributed by atoms with E-state index in [9.17, 15) is 14.0 Å². The summed E-state index contributed by atoms with van der Waals surface area (Å²) in [7, 11) is 1.28. The summed E-state index contributed by atoms with van der Waals surface area (Å²) >= 11 is 1.52. The number of hydrogen-bond donors (Lipinski definition) is 1. The summed E-state index contributed by atoms with van der Waals surface area (Å²) in [5.41, 5.74) is 1.94. The number of halogens is 1. The van der Waals surface area contributed by atoms with Gasteiger partial charge in [0.15, 0.2) is 5.16 Å². The molecular formula is C21H20FN3O3S. The highest BCUT2D eigenvalue weighted by Gasteiger charge is 2.20. The second kappa shape index (κ2) is 9.38. The van der Waals surface area contributed by atoms with Crippen LogP contribution in [-0.4, -0.2) is 34.8 Å². The molecule has 150 valence electrons. The Bertz CT molecular complexity index is 987. The maximum absolute atomic E-state index is 13.2. The van der Waals surface area contributed by atoms with Crippen LogP contribution < -0.4 is 5.32 Å².